The predicted octanol–water partition coefficient (Wildman–Crippen LogP) is 5.13. The maximum atomic E-state index is 12.7. The standard InChI is InChI=1S/C19H18ClN3O2S/c1-12-17(18(24)22-15-11-13(20)9-10-16(15)25-3)26-19(21-12)23(2)14-7-5-4-6-8-14/h4-11H,1-3H3,(H,22,24). The van der Waals surface area contributed by atoms with E-state index in [1.807, 2.05) is 49.2 Å². The van der Waals surface area contributed by atoms with E-state index < -0.39 is 0 Å². The van der Waals surface area contributed by atoms with Gasteiger partial charge in [0, 0.05) is 17.8 Å². The highest BCUT2D eigenvalue weighted by Gasteiger charge is 2.19. The van der Waals surface area contributed by atoms with Crippen molar-refractivity contribution in [3.63, 3.8) is 0 Å². The fraction of sp³-hybridized carbons (Fsp3) is 0.158. The largest absolute Gasteiger partial charge is 0.495 e. The maximum absolute atomic E-state index is 12.7. The summed E-state index contributed by atoms with van der Waals surface area (Å²) in [5.74, 6) is 0.305. The number of nitrogens with zero attached hydrogens (tertiary/aromatic N) is 2. The van der Waals surface area contributed by atoms with Crippen molar-refractivity contribution in [2.75, 3.05) is 24.4 Å². The van der Waals surface area contributed by atoms with Gasteiger partial charge in [0.2, 0.25) is 0 Å². The smallest absolute Gasteiger partial charge is 0.267 e. The molecule has 1 amide bonds. The van der Waals surface area contributed by atoms with Crippen molar-refractivity contribution in [3.05, 3.63) is 64.1 Å². The number of aromatic nitrogens is 1. The average molecular weight is 388 g/mol. The first-order valence-electron chi connectivity index (χ1n) is 7.90. The number of aryl methyl sites for hydroxylation is 1. The summed E-state index contributed by atoms with van der Waals surface area (Å²) in [6, 6.07) is 15.0. The molecule has 1 aromatic heterocycles. The van der Waals surface area contributed by atoms with E-state index in [2.05, 4.69) is 10.3 Å². The van der Waals surface area contributed by atoms with Crippen LogP contribution in [0.25, 0.3) is 0 Å². The van der Waals surface area contributed by atoms with Crippen molar-refractivity contribution in [1.29, 1.82) is 0 Å². The highest BCUT2D eigenvalue weighted by atomic mass is 35.5. The number of anilines is 3. The van der Waals surface area contributed by atoms with Gasteiger partial charge in [0.05, 0.1) is 18.5 Å². The molecule has 0 radical (unpaired) electrons. The predicted molar refractivity (Wildman–Crippen MR) is 107 cm³/mol. The van der Waals surface area contributed by atoms with Crippen molar-refractivity contribution >= 4 is 45.4 Å². The molecule has 0 spiro atoms. The number of hydrogen-bond acceptors (Lipinski definition) is 5. The van der Waals surface area contributed by atoms with Gasteiger partial charge in [-0.3, -0.25) is 4.79 Å². The summed E-state index contributed by atoms with van der Waals surface area (Å²) >= 11 is 7.36. The molecule has 3 aromatic rings. The Morgan fingerprint density at radius 1 is 1.23 bits per heavy atom. The highest BCUT2D eigenvalue weighted by molar-refractivity contribution is 7.17. The van der Waals surface area contributed by atoms with Gasteiger partial charge in [-0.05, 0) is 37.3 Å². The molecule has 0 aliphatic carbocycles. The molecule has 3 rings (SSSR count). The summed E-state index contributed by atoms with van der Waals surface area (Å²) in [5.41, 5.74) is 2.20. The van der Waals surface area contributed by atoms with Gasteiger partial charge < -0.3 is 15.0 Å². The number of carbonyl (C=O) groups excluding carboxylic acids is 1. The Labute approximate surface area is 161 Å². The van der Waals surface area contributed by atoms with Crippen LogP contribution in [0.3, 0.4) is 0 Å². The first kappa shape index (κ1) is 18.2. The molecule has 0 unspecified atom stereocenters. The Morgan fingerprint density at radius 3 is 2.65 bits per heavy atom. The summed E-state index contributed by atoms with van der Waals surface area (Å²) in [5, 5.41) is 4.12. The van der Waals surface area contributed by atoms with E-state index in [4.69, 9.17) is 16.3 Å². The van der Waals surface area contributed by atoms with Crippen LogP contribution in [-0.2, 0) is 0 Å². The molecule has 5 nitrogen and oxygen atoms in total. The molecule has 0 saturated carbocycles. The normalized spacial score (nSPS) is 10.5. The molecule has 0 saturated heterocycles. The number of para-hydroxylation sites is 1. The number of rotatable bonds is 5. The molecule has 0 fully saturated rings. The van der Waals surface area contributed by atoms with Crippen LogP contribution in [0, 0.1) is 6.92 Å². The lowest BCUT2D eigenvalue weighted by Crippen LogP contribution is -2.12. The van der Waals surface area contributed by atoms with E-state index >= 15 is 0 Å². The van der Waals surface area contributed by atoms with Crippen molar-refractivity contribution < 1.29 is 9.53 Å². The molecule has 2 aromatic carbocycles. The Kier molecular flexibility index (Phi) is 5.44. The second-order valence-corrected chi connectivity index (χ2v) is 7.02. The molecule has 134 valence electrons. The van der Waals surface area contributed by atoms with Crippen LogP contribution in [0.5, 0.6) is 5.75 Å². The van der Waals surface area contributed by atoms with E-state index in [9.17, 15) is 4.79 Å². The zero-order valence-electron chi connectivity index (χ0n) is 14.6. The number of amides is 1. The minimum Gasteiger partial charge on any atom is -0.495 e. The number of thiazole rings is 1. The quantitative estimate of drug-likeness (QED) is 0.659. The molecule has 26 heavy (non-hydrogen) atoms. The lowest BCUT2D eigenvalue weighted by Gasteiger charge is -2.15. The molecule has 0 aliphatic rings. The van der Waals surface area contributed by atoms with Crippen LogP contribution >= 0.6 is 22.9 Å². The fourth-order valence-electron chi connectivity index (χ4n) is 2.46. The number of methoxy groups -OCH3 is 1. The monoisotopic (exact) mass is 387 g/mol. The topological polar surface area (TPSA) is 54.5 Å². The first-order chi connectivity index (χ1) is 12.5. The molecule has 0 bridgehead atoms. The molecule has 0 aliphatic heterocycles. The van der Waals surface area contributed by atoms with Crippen molar-refractivity contribution in [2.45, 2.75) is 6.92 Å². The van der Waals surface area contributed by atoms with Gasteiger partial charge in [-0.1, -0.05) is 41.1 Å². The Morgan fingerprint density at radius 2 is 1.96 bits per heavy atom. The average Bonchev–Trinajstić information content (AvgIpc) is 3.04. The van der Waals surface area contributed by atoms with Crippen molar-refractivity contribution in [1.82, 2.24) is 4.98 Å². The van der Waals surface area contributed by atoms with Gasteiger partial charge in [0.25, 0.3) is 5.91 Å². The van der Waals surface area contributed by atoms with Crippen molar-refractivity contribution in [3.8, 4) is 5.75 Å². The lowest BCUT2D eigenvalue weighted by molar-refractivity contribution is 0.102. The van der Waals surface area contributed by atoms with Crippen LogP contribution in [0.1, 0.15) is 15.4 Å². The molecular formula is C19H18ClN3O2S. The van der Waals surface area contributed by atoms with Crippen LogP contribution in [-0.4, -0.2) is 25.0 Å². The number of halogens is 1. The number of benzene rings is 2. The molecular weight excluding hydrogens is 370 g/mol. The summed E-state index contributed by atoms with van der Waals surface area (Å²) in [6.07, 6.45) is 0. The van der Waals surface area contributed by atoms with Crippen LogP contribution in [0.4, 0.5) is 16.5 Å². The van der Waals surface area contributed by atoms with Gasteiger partial charge in [0.15, 0.2) is 5.13 Å². The molecule has 1 N–H and O–H groups in total. The second-order valence-electron chi connectivity index (χ2n) is 5.60. The number of nitrogens with one attached hydrogen (secondary N) is 1. The first-order valence-corrected chi connectivity index (χ1v) is 9.10. The Balaban J connectivity index is 1.85. The van der Waals surface area contributed by atoms with Crippen molar-refractivity contribution in [2.24, 2.45) is 0 Å². The summed E-state index contributed by atoms with van der Waals surface area (Å²) in [7, 11) is 3.47. The maximum Gasteiger partial charge on any atom is 0.267 e. The third-order valence-electron chi connectivity index (χ3n) is 3.83. The van der Waals surface area contributed by atoms with E-state index in [1.54, 1.807) is 25.3 Å². The number of hydrogen-bond donors (Lipinski definition) is 1. The Bertz CT molecular complexity index is 928. The van der Waals surface area contributed by atoms with E-state index in [0.29, 0.717) is 27.0 Å². The summed E-state index contributed by atoms with van der Waals surface area (Å²) in [4.78, 5) is 19.8. The van der Waals surface area contributed by atoms with Crippen LogP contribution < -0.4 is 15.0 Å². The molecule has 0 atom stereocenters. The fourth-order valence-corrected chi connectivity index (χ4v) is 3.57. The third kappa shape index (κ3) is 3.81. The van der Waals surface area contributed by atoms with E-state index in [0.717, 1.165) is 10.8 Å². The van der Waals surface area contributed by atoms with Gasteiger partial charge >= 0.3 is 0 Å². The Hall–Kier alpha value is -2.57. The van der Waals surface area contributed by atoms with E-state index in [1.165, 1.54) is 11.3 Å². The van der Waals surface area contributed by atoms with Crippen LogP contribution in [0.15, 0.2) is 48.5 Å². The zero-order valence-corrected chi connectivity index (χ0v) is 16.2. The minimum absolute atomic E-state index is 0.242. The lowest BCUT2D eigenvalue weighted by atomic mass is 10.2. The highest BCUT2D eigenvalue weighted by Crippen LogP contribution is 2.32. The van der Waals surface area contributed by atoms with E-state index in [-0.39, 0.29) is 5.91 Å². The molecule has 7 heteroatoms. The number of ether oxygens (including phenoxy) is 1. The van der Waals surface area contributed by atoms with Gasteiger partial charge in [-0.2, -0.15) is 0 Å². The third-order valence-corrected chi connectivity index (χ3v) is 5.30. The summed E-state index contributed by atoms with van der Waals surface area (Å²) in [6.45, 7) is 1.82. The number of carbonyl (C=O) groups is 1. The van der Waals surface area contributed by atoms with Gasteiger partial charge in [-0.15, -0.1) is 0 Å². The molecule has 1 heterocycles. The second kappa shape index (κ2) is 7.76. The van der Waals surface area contributed by atoms with Gasteiger partial charge in [-0.25, -0.2) is 4.98 Å². The SMILES string of the molecule is COc1ccc(Cl)cc1NC(=O)c1sc(N(C)c2ccccc2)nc1C. The summed E-state index contributed by atoms with van der Waals surface area (Å²) < 4.78 is 5.27. The van der Waals surface area contributed by atoms with Gasteiger partial charge in [0.1, 0.15) is 10.6 Å². The van der Waals surface area contributed by atoms with Crippen LogP contribution in [0.2, 0.25) is 5.02 Å². The zero-order chi connectivity index (χ0) is 18.7. The minimum atomic E-state index is -0.242.